The molecule has 2 rings (SSSR count). The zero-order chi connectivity index (χ0) is 15.3. The molecular weight excluding hydrogens is 286 g/mol. The first-order valence-electron chi connectivity index (χ1n) is 7.25. The second kappa shape index (κ2) is 6.92. The van der Waals surface area contributed by atoms with Crippen LogP contribution in [-0.4, -0.2) is 32.4 Å². The number of hydrogen-bond donors (Lipinski definition) is 0. The molecule has 0 spiro atoms. The molecular formula is C15H21N3O2S. The highest BCUT2D eigenvalue weighted by Gasteiger charge is 2.32. The molecule has 1 aliphatic rings. The molecule has 5 nitrogen and oxygen atoms in total. The van der Waals surface area contributed by atoms with Gasteiger partial charge in [0.25, 0.3) is 0 Å². The maximum absolute atomic E-state index is 12.9. The van der Waals surface area contributed by atoms with Crippen molar-refractivity contribution < 1.29 is 8.42 Å². The van der Waals surface area contributed by atoms with Gasteiger partial charge in [-0.2, -0.15) is 18.0 Å². The van der Waals surface area contributed by atoms with Gasteiger partial charge in [0.1, 0.15) is 0 Å². The van der Waals surface area contributed by atoms with Crippen LogP contribution in [0.2, 0.25) is 0 Å². The van der Waals surface area contributed by atoms with E-state index in [4.69, 9.17) is 5.26 Å². The molecule has 114 valence electrons. The third-order valence-electron chi connectivity index (χ3n) is 3.70. The van der Waals surface area contributed by atoms with Crippen LogP contribution in [0.5, 0.6) is 0 Å². The van der Waals surface area contributed by atoms with E-state index >= 15 is 0 Å². The number of piperidine rings is 1. The Morgan fingerprint density at radius 2 is 2.10 bits per heavy atom. The molecule has 0 radical (unpaired) electrons. The average molecular weight is 307 g/mol. The lowest BCUT2D eigenvalue weighted by Crippen LogP contribution is -2.48. The lowest BCUT2D eigenvalue weighted by atomic mass is 10.0. The summed E-state index contributed by atoms with van der Waals surface area (Å²) in [5, 5.41) is 8.80. The average Bonchev–Trinajstić information content (AvgIpc) is 2.48. The second-order valence-corrected chi connectivity index (χ2v) is 7.28. The smallest absolute Gasteiger partial charge is 0.257 e. The maximum atomic E-state index is 12.9. The van der Waals surface area contributed by atoms with Gasteiger partial charge < -0.3 is 0 Å². The molecule has 0 aliphatic carbocycles. The Bertz CT molecular complexity index is 595. The molecule has 1 atom stereocenters. The van der Waals surface area contributed by atoms with Gasteiger partial charge in [-0.25, -0.2) is 0 Å². The number of nitriles is 1. The summed E-state index contributed by atoms with van der Waals surface area (Å²) in [5.41, 5.74) is 0.617. The van der Waals surface area contributed by atoms with E-state index in [2.05, 4.69) is 6.92 Å². The van der Waals surface area contributed by atoms with Crippen LogP contribution in [-0.2, 0) is 10.2 Å². The molecule has 6 heteroatoms. The molecule has 1 saturated heterocycles. The molecule has 0 bridgehead atoms. The molecule has 1 unspecified atom stereocenters. The van der Waals surface area contributed by atoms with Crippen LogP contribution in [0.1, 0.15) is 26.2 Å². The highest BCUT2D eigenvalue weighted by Crippen LogP contribution is 2.25. The van der Waals surface area contributed by atoms with E-state index < -0.39 is 10.2 Å². The van der Waals surface area contributed by atoms with Gasteiger partial charge in [-0.3, -0.25) is 4.31 Å². The minimum Gasteiger partial charge on any atom is -0.257 e. The van der Waals surface area contributed by atoms with Gasteiger partial charge >= 0.3 is 10.2 Å². The molecule has 1 fully saturated rings. The van der Waals surface area contributed by atoms with Crippen molar-refractivity contribution in [3.05, 3.63) is 30.3 Å². The topological polar surface area (TPSA) is 64.4 Å². The Hall–Kier alpha value is -1.58. The normalized spacial score (nSPS) is 19.9. The maximum Gasteiger partial charge on any atom is 0.304 e. The summed E-state index contributed by atoms with van der Waals surface area (Å²) in [6.45, 7) is 3.37. The van der Waals surface area contributed by atoms with Gasteiger partial charge in [0.15, 0.2) is 0 Å². The van der Waals surface area contributed by atoms with E-state index in [9.17, 15) is 8.42 Å². The lowest BCUT2D eigenvalue weighted by Gasteiger charge is -2.35. The second-order valence-electron chi connectivity index (χ2n) is 5.43. The Morgan fingerprint density at radius 3 is 2.71 bits per heavy atom. The van der Waals surface area contributed by atoms with Crippen LogP contribution in [0, 0.1) is 17.2 Å². The number of nitrogens with zero attached hydrogens (tertiary/aromatic N) is 3. The highest BCUT2D eigenvalue weighted by atomic mass is 32.2. The molecule has 0 saturated carbocycles. The number of hydrogen-bond acceptors (Lipinski definition) is 3. The van der Waals surface area contributed by atoms with Crippen LogP contribution in [0.4, 0.5) is 5.69 Å². The molecule has 1 aromatic carbocycles. The highest BCUT2D eigenvalue weighted by molar-refractivity contribution is 7.90. The fraction of sp³-hybridized carbons (Fsp3) is 0.533. The SMILES string of the molecule is CC1CCCN(S(=O)(=O)N(CCC#N)c2ccccc2)C1. The van der Waals surface area contributed by atoms with E-state index in [1.807, 2.05) is 24.3 Å². The van der Waals surface area contributed by atoms with Crippen LogP contribution in [0.3, 0.4) is 0 Å². The zero-order valence-corrected chi connectivity index (χ0v) is 13.1. The van der Waals surface area contributed by atoms with Crippen molar-refractivity contribution in [3.8, 4) is 6.07 Å². The summed E-state index contributed by atoms with van der Waals surface area (Å²) in [7, 11) is -3.57. The molecule has 0 N–H and O–H groups in total. The fourth-order valence-electron chi connectivity index (χ4n) is 2.62. The molecule has 1 heterocycles. The summed E-state index contributed by atoms with van der Waals surface area (Å²) in [6.07, 6.45) is 2.13. The van der Waals surface area contributed by atoms with Gasteiger partial charge in [0.2, 0.25) is 0 Å². The van der Waals surface area contributed by atoms with Gasteiger partial charge in [0, 0.05) is 19.6 Å². The third-order valence-corrected chi connectivity index (χ3v) is 5.63. The molecule has 1 aromatic rings. The fourth-order valence-corrected chi connectivity index (χ4v) is 4.41. The molecule has 0 amide bonds. The van der Waals surface area contributed by atoms with E-state index in [0.717, 1.165) is 12.8 Å². The summed E-state index contributed by atoms with van der Waals surface area (Å²) < 4.78 is 28.7. The van der Waals surface area contributed by atoms with Crippen LogP contribution in [0.25, 0.3) is 0 Å². The van der Waals surface area contributed by atoms with Gasteiger partial charge in [-0.05, 0) is 30.9 Å². The van der Waals surface area contributed by atoms with Gasteiger partial charge in [0.05, 0.1) is 18.2 Å². The van der Waals surface area contributed by atoms with Crippen molar-refractivity contribution >= 4 is 15.9 Å². The van der Waals surface area contributed by atoms with Crippen molar-refractivity contribution in [2.45, 2.75) is 26.2 Å². The quantitative estimate of drug-likeness (QED) is 0.839. The van der Waals surface area contributed by atoms with Crippen LogP contribution in [0.15, 0.2) is 30.3 Å². The Labute approximate surface area is 127 Å². The van der Waals surface area contributed by atoms with E-state index in [1.165, 1.54) is 4.31 Å². The number of benzene rings is 1. The predicted molar refractivity (Wildman–Crippen MR) is 82.9 cm³/mol. The first-order chi connectivity index (χ1) is 10.1. The molecule has 0 aromatic heterocycles. The Morgan fingerprint density at radius 1 is 1.38 bits per heavy atom. The summed E-state index contributed by atoms with van der Waals surface area (Å²) >= 11 is 0. The first kappa shape index (κ1) is 15.8. The summed E-state index contributed by atoms with van der Waals surface area (Å²) in [6, 6.07) is 11.0. The van der Waals surface area contributed by atoms with Crippen molar-refractivity contribution in [2.24, 2.45) is 5.92 Å². The Kier molecular flexibility index (Phi) is 5.21. The first-order valence-corrected chi connectivity index (χ1v) is 8.65. The zero-order valence-electron chi connectivity index (χ0n) is 12.3. The number of para-hydroxylation sites is 1. The van der Waals surface area contributed by atoms with Crippen LogP contribution < -0.4 is 4.31 Å². The largest absolute Gasteiger partial charge is 0.304 e. The Balaban J connectivity index is 2.29. The molecule has 21 heavy (non-hydrogen) atoms. The van der Waals surface area contributed by atoms with Crippen molar-refractivity contribution in [1.82, 2.24) is 4.31 Å². The van der Waals surface area contributed by atoms with Crippen molar-refractivity contribution in [2.75, 3.05) is 23.9 Å². The van der Waals surface area contributed by atoms with Crippen LogP contribution >= 0.6 is 0 Å². The standard InChI is InChI=1S/C15H21N3O2S/c1-14-7-5-11-17(13-14)21(19,20)18(12-6-10-16)15-8-3-2-4-9-15/h2-4,8-9,14H,5-7,11-13H2,1H3. The van der Waals surface area contributed by atoms with Crippen molar-refractivity contribution in [1.29, 1.82) is 5.26 Å². The summed E-state index contributed by atoms with van der Waals surface area (Å²) in [5.74, 6) is 0.377. The van der Waals surface area contributed by atoms with E-state index in [1.54, 1.807) is 16.4 Å². The molecule has 1 aliphatic heterocycles. The summed E-state index contributed by atoms with van der Waals surface area (Å²) in [4.78, 5) is 0. The van der Waals surface area contributed by atoms with Crippen molar-refractivity contribution in [3.63, 3.8) is 0 Å². The minimum atomic E-state index is -3.57. The van der Waals surface area contributed by atoms with Gasteiger partial charge in [-0.15, -0.1) is 0 Å². The van der Waals surface area contributed by atoms with Gasteiger partial charge in [-0.1, -0.05) is 25.1 Å². The monoisotopic (exact) mass is 307 g/mol. The number of rotatable bonds is 5. The predicted octanol–water partition coefficient (Wildman–Crippen LogP) is 2.38. The number of anilines is 1. The van der Waals surface area contributed by atoms with E-state index in [0.29, 0.717) is 24.7 Å². The lowest BCUT2D eigenvalue weighted by molar-refractivity contribution is 0.280. The third kappa shape index (κ3) is 3.74. The minimum absolute atomic E-state index is 0.178. The van der Waals surface area contributed by atoms with E-state index in [-0.39, 0.29) is 13.0 Å².